The van der Waals surface area contributed by atoms with Crippen molar-refractivity contribution >= 4 is 11.8 Å². The molecule has 0 radical (unpaired) electrons. The molecular formula is C19H23N7O3. The van der Waals surface area contributed by atoms with Gasteiger partial charge in [0.1, 0.15) is 6.04 Å². The van der Waals surface area contributed by atoms with Crippen LogP contribution in [0.5, 0.6) is 0 Å². The summed E-state index contributed by atoms with van der Waals surface area (Å²) in [5.41, 5.74) is 7.13. The highest BCUT2D eigenvalue weighted by molar-refractivity contribution is 5.85. The standard InChI is InChI=1S/C19H23N7O3/c20-9-17(27)22-11-18(28)24-15(8-14-10-21-12-23-14)19-25-16(26-29-19)7-6-13-4-2-1-3-5-13/h1-5,10,12,15H,6-9,11,20H2,(H,21,23)(H,22,27)(H,24,28)/t15-/m0/s1. The summed E-state index contributed by atoms with van der Waals surface area (Å²) < 4.78 is 5.39. The number of aromatic amines is 1. The maximum atomic E-state index is 12.2. The van der Waals surface area contributed by atoms with E-state index in [-0.39, 0.29) is 19.0 Å². The van der Waals surface area contributed by atoms with Crippen molar-refractivity contribution in [1.82, 2.24) is 30.7 Å². The number of hydrogen-bond acceptors (Lipinski definition) is 7. The Kier molecular flexibility index (Phi) is 7.06. The highest BCUT2D eigenvalue weighted by Crippen LogP contribution is 2.16. The summed E-state index contributed by atoms with van der Waals surface area (Å²) in [6.45, 7) is -0.374. The van der Waals surface area contributed by atoms with Gasteiger partial charge in [0.2, 0.25) is 17.7 Å². The van der Waals surface area contributed by atoms with E-state index in [4.69, 9.17) is 10.3 Å². The van der Waals surface area contributed by atoms with Gasteiger partial charge < -0.3 is 25.9 Å². The van der Waals surface area contributed by atoms with Gasteiger partial charge in [-0.05, 0) is 12.0 Å². The Hall–Kier alpha value is -3.53. The lowest BCUT2D eigenvalue weighted by molar-refractivity contribution is -0.125. The molecule has 0 bridgehead atoms. The van der Waals surface area contributed by atoms with Gasteiger partial charge in [-0.25, -0.2) is 4.98 Å². The van der Waals surface area contributed by atoms with E-state index in [1.807, 2.05) is 30.3 Å². The molecule has 0 aliphatic heterocycles. The second kappa shape index (κ2) is 10.1. The molecule has 1 aromatic carbocycles. The number of imidazole rings is 1. The first kappa shape index (κ1) is 20.2. The number of rotatable bonds is 10. The molecule has 0 aliphatic carbocycles. The summed E-state index contributed by atoms with van der Waals surface area (Å²) in [6, 6.07) is 9.44. The van der Waals surface area contributed by atoms with Crippen molar-refractivity contribution in [2.24, 2.45) is 5.73 Å². The normalized spacial score (nSPS) is 11.8. The fourth-order valence-electron chi connectivity index (χ4n) is 2.72. The van der Waals surface area contributed by atoms with Crippen LogP contribution in [0.3, 0.4) is 0 Å². The number of nitrogens with one attached hydrogen (secondary N) is 3. The Bertz CT molecular complexity index is 909. The predicted octanol–water partition coefficient (Wildman–Crippen LogP) is 0.0528. The zero-order chi connectivity index (χ0) is 20.5. The lowest BCUT2D eigenvalue weighted by atomic mass is 10.1. The van der Waals surface area contributed by atoms with Gasteiger partial charge in [0, 0.05) is 19.0 Å². The van der Waals surface area contributed by atoms with Crippen LogP contribution < -0.4 is 16.4 Å². The summed E-state index contributed by atoms with van der Waals surface area (Å²) in [4.78, 5) is 34.9. The first-order valence-electron chi connectivity index (χ1n) is 9.24. The maximum Gasteiger partial charge on any atom is 0.249 e. The van der Waals surface area contributed by atoms with Crippen molar-refractivity contribution in [2.45, 2.75) is 25.3 Å². The van der Waals surface area contributed by atoms with Crippen LogP contribution in [0.2, 0.25) is 0 Å². The lowest BCUT2D eigenvalue weighted by Crippen LogP contribution is -2.41. The van der Waals surface area contributed by atoms with E-state index in [0.717, 1.165) is 12.1 Å². The number of carbonyl (C=O) groups is 2. The molecule has 29 heavy (non-hydrogen) atoms. The smallest absolute Gasteiger partial charge is 0.249 e. The summed E-state index contributed by atoms with van der Waals surface area (Å²) in [7, 11) is 0. The third-order valence-electron chi connectivity index (χ3n) is 4.20. The van der Waals surface area contributed by atoms with Gasteiger partial charge in [-0.3, -0.25) is 9.59 Å². The van der Waals surface area contributed by atoms with Gasteiger partial charge in [-0.2, -0.15) is 4.98 Å². The number of benzene rings is 1. The molecule has 0 saturated heterocycles. The Labute approximate surface area is 167 Å². The van der Waals surface area contributed by atoms with E-state index < -0.39 is 17.9 Å². The maximum absolute atomic E-state index is 12.2. The summed E-state index contributed by atoms with van der Waals surface area (Å²) in [6.07, 6.45) is 5.03. The van der Waals surface area contributed by atoms with Crippen LogP contribution in [0, 0.1) is 0 Å². The molecule has 0 saturated carbocycles. The summed E-state index contributed by atoms with van der Waals surface area (Å²) in [5, 5.41) is 9.24. The average molecular weight is 397 g/mol. The monoisotopic (exact) mass is 397 g/mol. The number of amides is 2. The predicted molar refractivity (Wildman–Crippen MR) is 103 cm³/mol. The Morgan fingerprint density at radius 3 is 2.72 bits per heavy atom. The van der Waals surface area contributed by atoms with Crippen LogP contribution in [-0.4, -0.2) is 45.0 Å². The Morgan fingerprint density at radius 1 is 1.17 bits per heavy atom. The molecular weight excluding hydrogens is 374 g/mol. The fraction of sp³-hybridized carbons (Fsp3) is 0.316. The van der Waals surface area contributed by atoms with Gasteiger partial charge in [0.25, 0.3) is 0 Å². The minimum absolute atomic E-state index is 0.182. The molecule has 0 aliphatic rings. The van der Waals surface area contributed by atoms with Crippen LogP contribution >= 0.6 is 0 Å². The molecule has 5 N–H and O–H groups in total. The van der Waals surface area contributed by atoms with Crippen molar-refractivity contribution < 1.29 is 14.1 Å². The van der Waals surface area contributed by atoms with E-state index in [9.17, 15) is 9.59 Å². The SMILES string of the molecule is NCC(=O)NCC(=O)N[C@@H](Cc1c[nH]cn1)c1nc(CCc2ccccc2)no1. The van der Waals surface area contributed by atoms with Gasteiger partial charge in [-0.1, -0.05) is 35.5 Å². The first-order valence-corrected chi connectivity index (χ1v) is 9.24. The second-order valence-electron chi connectivity index (χ2n) is 6.40. The van der Waals surface area contributed by atoms with Crippen molar-refractivity contribution in [3.63, 3.8) is 0 Å². The molecule has 10 heteroatoms. The van der Waals surface area contributed by atoms with Crippen molar-refractivity contribution in [2.75, 3.05) is 13.1 Å². The average Bonchev–Trinajstić information content (AvgIpc) is 3.43. The molecule has 1 atom stereocenters. The molecule has 10 nitrogen and oxygen atoms in total. The summed E-state index contributed by atoms with van der Waals surface area (Å²) in [5.74, 6) is 0.0393. The topological polar surface area (TPSA) is 152 Å². The van der Waals surface area contributed by atoms with Crippen LogP contribution in [0.4, 0.5) is 0 Å². The van der Waals surface area contributed by atoms with Crippen molar-refractivity contribution in [1.29, 1.82) is 0 Å². The summed E-state index contributed by atoms with van der Waals surface area (Å²) >= 11 is 0. The van der Waals surface area contributed by atoms with Crippen molar-refractivity contribution in [3.05, 3.63) is 65.8 Å². The molecule has 0 spiro atoms. The van der Waals surface area contributed by atoms with Crippen LogP contribution in [-0.2, 0) is 28.9 Å². The largest absolute Gasteiger partial charge is 0.351 e. The van der Waals surface area contributed by atoms with E-state index >= 15 is 0 Å². The third-order valence-corrected chi connectivity index (χ3v) is 4.20. The quantitative estimate of drug-likeness (QED) is 0.377. The molecule has 3 aromatic rings. The Morgan fingerprint density at radius 2 is 2.00 bits per heavy atom. The van der Waals surface area contributed by atoms with Crippen molar-refractivity contribution in [3.8, 4) is 0 Å². The molecule has 3 rings (SSSR count). The Balaban J connectivity index is 1.64. The molecule has 0 unspecified atom stereocenters. The number of nitrogens with zero attached hydrogens (tertiary/aromatic N) is 3. The molecule has 2 heterocycles. The number of carbonyl (C=O) groups excluding carboxylic acids is 2. The van der Waals surface area contributed by atoms with E-state index in [2.05, 4.69) is 30.7 Å². The molecule has 152 valence electrons. The molecule has 0 fully saturated rings. The first-order chi connectivity index (χ1) is 14.1. The zero-order valence-corrected chi connectivity index (χ0v) is 15.8. The fourth-order valence-corrected chi connectivity index (χ4v) is 2.72. The zero-order valence-electron chi connectivity index (χ0n) is 15.8. The molecule has 2 aromatic heterocycles. The van der Waals surface area contributed by atoms with E-state index in [0.29, 0.717) is 18.7 Å². The second-order valence-corrected chi connectivity index (χ2v) is 6.40. The van der Waals surface area contributed by atoms with Gasteiger partial charge in [0.15, 0.2) is 5.82 Å². The third kappa shape index (κ3) is 6.25. The minimum atomic E-state index is -0.571. The number of nitrogens with two attached hydrogens (primary N) is 1. The highest BCUT2D eigenvalue weighted by Gasteiger charge is 2.23. The van der Waals surface area contributed by atoms with Gasteiger partial charge >= 0.3 is 0 Å². The van der Waals surface area contributed by atoms with Crippen LogP contribution in [0.15, 0.2) is 47.4 Å². The minimum Gasteiger partial charge on any atom is -0.351 e. The number of aryl methyl sites for hydroxylation is 2. The lowest BCUT2D eigenvalue weighted by Gasteiger charge is -2.14. The highest BCUT2D eigenvalue weighted by atomic mass is 16.5. The molecule has 2 amide bonds. The number of H-pyrrole nitrogens is 1. The van der Waals surface area contributed by atoms with Crippen LogP contribution in [0.1, 0.15) is 29.0 Å². The van der Waals surface area contributed by atoms with Crippen LogP contribution in [0.25, 0.3) is 0 Å². The number of aromatic nitrogens is 4. The van der Waals surface area contributed by atoms with Gasteiger partial charge in [-0.15, -0.1) is 0 Å². The van der Waals surface area contributed by atoms with E-state index in [1.54, 1.807) is 12.5 Å². The van der Waals surface area contributed by atoms with Gasteiger partial charge in [0.05, 0.1) is 25.1 Å². The van der Waals surface area contributed by atoms with E-state index in [1.165, 1.54) is 5.56 Å². The number of hydrogen-bond donors (Lipinski definition) is 4.